The lowest BCUT2D eigenvalue weighted by atomic mass is 10.1. The van der Waals surface area contributed by atoms with Gasteiger partial charge >= 0.3 is 0 Å². The van der Waals surface area contributed by atoms with Gasteiger partial charge in [0.2, 0.25) is 0 Å². The maximum atomic E-state index is 13.6. The largest absolute Gasteiger partial charge is 0.389 e. The van der Waals surface area contributed by atoms with Crippen molar-refractivity contribution in [3.8, 4) is 0 Å². The summed E-state index contributed by atoms with van der Waals surface area (Å²) in [4.78, 5) is 4.63. The van der Waals surface area contributed by atoms with Crippen LogP contribution in [0.25, 0.3) is 0 Å². The Hall–Kier alpha value is -1.04. The molecule has 0 atom stereocenters. The van der Waals surface area contributed by atoms with Crippen molar-refractivity contribution in [3.63, 3.8) is 0 Å². The van der Waals surface area contributed by atoms with Crippen molar-refractivity contribution < 1.29 is 4.39 Å². The molecule has 0 radical (unpaired) electrons. The molecule has 0 aliphatic carbocycles. The van der Waals surface area contributed by atoms with E-state index in [1.165, 1.54) is 6.07 Å². The summed E-state index contributed by atoms with van der Waals surface area (Å²) < 4.78 is 13.6. The molecule has 0 spiro atoms. The number of thiocarbonyl (C=S) groups is 1. The van der Waals surface area contributed by atoms with Crippen LogP contribution in [-0.4, -0.2) is 48.5 Å². The molecule has 0 saturated heterocycles. The highest BCUT2D eigenvalue weighted by atomic mass is 32.1. The van der Waals surface area contributed by atoms with Crippen molar-refractivity contribution >= 4 is 17.2 Å². The summed E-state index contributed by atoms with van der Waals surface area (Å²) in [6, 6.07) is 5.01. The van der Waals surface area contributed by atoms with E-state index in [4.69, 9.17) is 18.0 Å². The van der Waals surface area contributed by atoms with Crippen molar-refractivity contribution in [3.05, 3.63) is 35.1 Å². The summed E-state index contributed by atoms with van der Waals surface area (Å²) in [6.07, 6.45) is 1.09. The van der Waals surface area contributed by atoms with E-state index in [-0.39, 0.29) is 10.8 Å². The van der Waals surface area contributed by atoms with E-state index in [2.05, 4.69) is 30.8 Å². The van der Waals surface area contributed by atoms with Crippen LogP contribution < -0.4 is 5.73 Å². The molecule has 0 saturated carbocycles. The predicted octanol–water partition coefficient (Wildman–Crippen LogP) is 2.23. The predicted molar refractivity (Wildman–Crippen MR) is 86.4 cm³/mol. The highest BCUT2D eigenvalue weighted by Crippen LogP contribution is 2.13. The highest BCUT2D eigenvalue weighted by molar-refractivity contribution is 7.80. The van der Waals surface area contributed by atoms with Crippen molar-refractivity contribution in [1.82, 2.24) is 9.80 Å². The smallest absolute Gasteiger partial charge is 0.133 e. The van der Waals surface area contributed by atoms with Gasteiger partial charge in [0.05, 0.1) is 0 Å². The number of benzene rings is 1. The first-order valence-electron chi connectivity index (χ1n) is 6.89. The van der Waals surface area contributed by atoms with Gasteiger partial charge in [0, 0.05) is 25.2 Å². The number of halogens is 1. The monoisotopic (exact) mass is 297 g/mol. The summed E-state index contributed by atoms with van der Waals surface area (Å²) in [6.45, 7) is 5.96. The van der Waals surface area contributed by atoms with Gasteiger partial charge in [0.25, 0.3) is 0 Å². The normalized spacial score (nSPS) is 11.3. The lowest BCUT2D eigenvalue weighted by molar-refractivity contribution is 0.234. The molecule has 112 valence electrons. The minimum absolute atomic E-state index is 0.111. The van der Waals surface area contributed by atoms with Crippen molar-refractivity contribution in [1.29, 1.82) is 0 Å². The Morgan fingerprint density at radius 2 is 1.95 bits per heavy atom. The van der Waals surface area contributed by atoms with E-state index in [0.29, 0.717) is 5.56 Å². The first-order chi connectivity index (χ1) is 9.43. The van der Waals surface area contributed by atoms with E-state index in [1.807, 2.05) is 0 Å². The Morgan fingerprint density at radius 1 is 1.25 bits per heavy atom. The quantitative estimate of drug-likeness (QED) is 0.746. The summed E-state index contributed by atoms with van der Waals surface area (Å²) in [5.74, 6) is -0.350. The molecule has 2 N–H and O–H groups in total. The Labute approximate surface area is 126 Å². The molecule has 1 aromatic rings. The zero-order chi connectivity index (χ0) is 15.1. The van der Waals surface area contributed by atoms with E-state index >= 15 is 0 Å². The second-order valence-electron chi connectivity index (χ2n) is 5.26. The number of nitrogens with zero attached hydrogens (tertiary/aromatic N) is 2. The minimum atomic E-state index is -0.350. The Kier molecular flexibility index (Phi) is 7.05. The van der Waals surface area contributed by atoms with Gasteiger partial charge < -0.3 is 10.6 Å². The van der Waals surface area contributed by atoms with Crippen molar-refractivity contribution in [2.45, 2.75) is 19.9 Å². The average molecular weight is 297 g/mol. The molecule has 1 aromatic carbocycles. The molecule has 5 heteroatoms. The molecule has 0 unspecified atom stereocenters. The molecule has 0 heterocycles. The van der Waals surface area contributed by atoms with E-state index in [9.17, 15) is 4.39 Å². The maximum absolute atomic E-state index is 13.6. The molecule has 0 aliphatic rings. The van der Waals surface area contributed by atoms with Crippen LogP contribution >= 0.6 is 12.2 Å². The van der Waals surface area contributed by atoms with Crippen molar-refractivity contribution in [2.75, 3.05) is 33.7 Å². The molecule has 0 bridgehead atoms. The van der Waals surface area contributed by atoms with Crippen LogP contribution in [0.5, 0.6) is 0 Å². The number of rotatable bonds is 8. The fraction of sp³-hybridized carbons (Fsp3) is 0.533. The fourth-order valence-electron chi connectivity index (χ4n) is 2.05. The second kappa shape index (κ2) is 8.29. The van der Waals surface area contributed by atoms with Crippen LogP contribution in [0.4, 0.5) is 4.39 Å². The number of hydrogen-bond acceptors (Lipinski definition) is 3. The zero-order valence-electron chi connectivity index (χ0n) is 12.5. The highest BCUT2D eigenvalue weighted by Gasteiger charge is 2.10. The fourth-order valence-corrected chi connectivity index (χ4v) is 2.20. The molecule has 0 aromatic heterocycles. The molecule has 0 fully saturated rings. The van der Waals surface area contributed by atoms with Crippen molar-refractivity contribution in [2.24, 2.45) is 5.73 Å². The molecule has 1 rings (SSSR count). The van der Waals surface area contributed by atoms with Gasteiger partial charge in [0.1, 0.15) is 10.8 Å². The molecule has 0 aliphatic heterocycles. The molecule has 3 nitrogen and oxygen atoms in total. The lowest BCUT2D eigenvalue weighted by Crippen LogP contribution is -2.32. The minimum Gasteiger partial charge on any atom is -0.389 e. The second-order valence-corrected chi connectivity index (χ2v) is 5.70. The Balaban J connectivity index is 2.77. The Morgan fingerprint density at radius 3 is 2.50 bits per heavy atom. The van der Waals surface area contributed by atoms with Crippen LogP contribution in [0.2, 0.25) is 0 Å². The summed E-state index contributed by atoms with van der Waals surface area (Å²) >= 11 is 4.88. The van der Waals surface area contributed by atoms with Crippen LogP contribution in [0.1, 0.15) is 24.5 Å². The van der Waals surface area contributed by atoms with Gasteiger partial charge in [-0.15, -0.1) is 0 Å². The van der Waals surface area contributed by atoms with Gasteiger partial charge in [-0.2, -0.15) is 0 Å². The van der Waals surface area contributed by atoms with Crippen LogP contribution in [0, 0.1) is 5.82 Å². The van der Waals surface area contributed by atoms with Gasteiger partial charge in [-0.1, -0.05) is 25.2 Å². The summed E-state index contributed by atoms with van der Waals surface area (Å²) in [5.41, 5.74) is 6.92. The molecule has 20 heavy (non-hydrogen) atoms. The van der Waals surface area contributed by atoms with E-state index < -0.39 is 0 Å². The van der Waals surface area contributed by atoms with Crippen LogP contribution in [-0.2, 0) is 6.54 Å². The topological polar surface area (TPSA) is 32.5 Å². The third kappa shape index (κ3) is 5.53. The van der Waals surface area contributed by atoms with E-state index in [0.717, 1.165) is 38.2 Å². The van der Waals surface area contributed by atoms with Gasteiger partial charge in [-0.05, 0) is 44.8 Å². The third-order valence-corrected chi connectivity index (χ3v) is 3.33. The molecular formula is C15H24FN3S. The molecule has 0 amide bonds. The lowest BCUT2D eigenvalue weighted by Gasteiger charge is -2.24. The number of hydrogen-bond donors (Lipinski definition) is 1. The van der Waals surface area contributed by atoms with Crippen LogP contribution in [0.15, 0.2) is 18.2 Å². The Bertz CT molecular complexity index is 449. The molecular weight excluding hydrogens is 273 g/mol. The standard InChI is InChI=1S/C15H24FN3S/c1-4-7-19(9-8-18(2)3)11-12-5-6-14(16)13(10-12)15(17)20/h5-6,10H,4,7-9,11H2,1-3H3,(H2,17,20). The van der Waals surface area contributed by atoms with Crippen LogP contribution in [0.3, 0.4) is 0 Å². The zero-order valence-corrected chi connectivity index (χ0v) is 13.3. The average Bonchev–Trinajstić information content (AvgIpc) is 2.38. The number of likely N-dealkylation sites (N-methyl/N-ethyl adjacent to an activating group) is 1. The first kappa shape index (κ1) is 17.0. The maximum Gasteiger partial charge on any atom is 0.133 e. The SMILES string of the molecule is CCCN(CCN(C)C)Cc1ccc(F)c(C(N)=S)c1. The summed E-state index contributed by atoms with van der Waals surface area (Å²) in [5, 5.41) is 0. The van der Waals surface area contributed by atoms with E-state index in [1.54, 1.807) is 12.1 Å². The van der Waals surface area contributed by atoms with Gasteiger partial charge in [0.15, 0.2) is 0 Å². The van der Waals surface area contributed by atoms with Gasteiger partial charge in [-0.3, -0.25) is 4.90 Å². The first-order valence-corrected chi connectivity index (χ1v) is 7.30. The summed E-state index contributed by atoms with van der Waals surface area (Å²) in [7, 11) is 4.12. The number of nitrogens with two attached hydrogens (primary N) is 1. The third-order valence-electron chi connectivity index (χ3n) is 3.11. The van der Waals surface area contributed by atoms with Gasteiger partial charge in [-0.25, -0.2) is 4.39 Å².